The number of alkyl halides is 1. The Balaban J connectivity index is 1.73. The van der Waals surface area contributed by atoms with Crippen molar-refractivity contribution in [3.05, 3.63) is 59.0 Å². The quantitative estimate of drug-likeness (QED) is 0.441. The molecule has 1 atom stereocenters. The van der Waals surface area contributed by atoms with E-state index in [1.165, 1.54) is 0 Å². The van der Waals surface area contributed by atoms with E-state index in [0.29, 0.717) is 19.0 Å². The molecule has 0 saturated heterocycles. The molecule has 0 aliphatic carbocycles. The third-order valence-corrected chi connectivity index (χ3v) is 6.18. The van der Waals surface area contributed by atoms with Gasteiger partial charge in [-0.25, -0.2) is 4.79 Å². The lowest BCUT2D eigenvalue weighted by molar-refractivity contribution is 0.0582. The van der Waals surface area contributed by atoms with Gasteiger partial charge in [-0.2, -0.15) is 0 Å². The number of nitrogens with zero attached hydrogens (tertiary/aromatic N) is 1. The van der Waals surface area contributed by atoms with Crippen molar-refractivity contribution in [3.63, 3.8) is 0 Å². The van der Waals surface area contributed by atoms with Crippen LogP contribution in [-0.2, 0) is 11.3 Å². The van der Waals surface area contributed by atoms with Crippen LogP contribution < -0.4 is 9.64 Å². The number of anilines is 1. The van der Waals surface area contributed by atoms with Crippen LogP contribution >= 0.6 is 22.9 Å². The summed E-state index contributed by atoms with van der Waals surface area (Å²) in [5.74, 6) is 1.29. The summed E-state index contributed by atoms with van der Waals surface area (Å²) in [6, 6.07) is 14.1. The number of hydrogen-bond acceptors (Lipinski definition) is 4. The molecule has 4 nitrogen and oxygen atoms in total. The van der Waals surface area contributed by atoms with Gasteiger partial charge in [-0.3, -0.25) is 4.90 Å². The van der Waals surface area contributed by atoms with Crippen molar-refractivity contribution in [3.8, 4) is 5.75 Å². The molecular formula is C23H24ClNO3S. The van der Waals surface area contributed by atoms with Crippen molar-refractivity contribution in [2.45, 2.75) is 38.9 Å². The standard InChI is InChI=1S/C23H24ClNO3S/c1-23(2,3)28-22(26)25-13-16(12-24)20-18(25)11-19(17-9-10-29-21(17)20)27-14-15-7-5-4-6-8-15/h4-11,16H,12-14H2,1-3H3. The van der Waals surface area contributed by atoms with E-state index in [9.17, 15) is 4.79 Å². The summed E-state index contributed by atoms with van der Waals surface area (Å²) >= 11 is 7.94. The molecule has 0 bridgehead atoms. The average molecular weight is 430 g/mol. The molecule has 2 heterocycles. The second kappa shape index (κ2) is 7.88. The van der Waals surface area contributed by atoms with E-state index in [4.69, 9.17) is 21.1 Å². The Morgan fingerprint density at radius 2 is 2.00 bits per heavy atom. The molecule has 2 aromatic carbocycles. The molecule has 0 spiro atoms. The number of amides is 1. The van der Waals surface area contributed by atoms with Gasteiger partial charge in [0.2, 0.25) is 0 Å². The number of carbonyl (C=O) groups is 1. The number of fused-ring (bicyclic) bond motifs is 3. The van der Waals surface area contributed by atoms with Crippen molar-refractivity contribution in [2.24, 2.45) is 0 Å². The van der Waals surface area contributed by atoms with Crippen molar-refractivity contribution in [2.75, 3.05) is 17.3 Å². The predicted molar refractivity (Wildman–Crippen MR) is 120 cm³/mol. The molecule has 0 N–H and O–H groups in total. The molecule has 0 saturated carbocycles. The summed E-state index contributed by atoms with van der Waals surface area (Å²) < 4.78 is 12.9. The van der Waals surface area contributed by atoms with Crippen molar-refractivity contribution < 1.29 is 14.3 Å². The highest BCUT2D eigenvalue weighted by Gasteiger charge is 2.37. The summed E-state index contributed by atoms with van der Waals surface area (Å²) in [5.41, 5.74) is 2.49. The first-order chi connectivity index (χ1) is 13.9. The minimum absolute atomic E-state index is 0.0727. The molecule has 0 radical (unpaired) electrons. The van der Waals surface area contributed by atoms with E-state index >= 15 is 0 Å². The first kappa shape index (κ1) is 20.0. The fraction of sp³-hybridized carbons (Fsp3) is 0.348. The summed E-state index contributed by atoms with van der Waals surface area (Å²) in [5, 5.41) is 3.12. The summed E-state index contributed by atoms with van der Waals surface area (Å²) in [4.78, 5) is 14.6. The molecule has 1 aromatic heterocycles. The van der Waals surface area contributed by atoms with E-state index in [2.05, 4.69) is 11.4 Å². The molecule has 3 aromatic rings. The number of halogens is 1. The first-order valence-corrected chi connectivity index (χ1v) is 11.1. The van der Waals surface area contributed by atoms with Crippen LogP contribution in [0.3, 0.4) is 0 Å². The van der Waals surface area contributed by atoms with Crippen molar-refractivity contribution in [1.29, 1.82) is 0 Å². The fourth-order valence-electron chi connectivity index (χ4n) is 3.61. The average Bonchev–Trinajstić information content (AvgIpc) is 3.30. The van der Waals surface area contributed by atoms with E-state index < -0.39 is 5.60 Å². The fourth-order valence-corrected chi connectivity index (χ4v) is 4.89. The van der Waals surface area contributed by atoms with Crippen molar-refractivity contribution >= 4 is 44.8 Å². The largest absolute Gasteiger partial charge is 0.488 e. The maximum Gasteiger partial charge on any atom is 0.414 e. The predicted octanol–water partition coefficient (Wildman–Crippen LogP) is 6.56. The van der Waals surface area contributed by atoms with E-state index in [1.807, 2.05) is 57.2 Å². The third kappa shape index (κ3) is 4.07. The molecule has 29 heavy (non-hydrogen) atoms. The Morgan fingerprint density at radius 1 is 1.24 bits per heavy atom. The zero-order valence-corrected chi connectivity index (χ0v) is 18.3. The number of rotatable bonds is 4. The van der Waals surface area contributed by atoms with Crippen LogP contribution in [0.25, 0.3) is 10.1 Å². The van der Waals surface area contributed by atoms with Crippen LogP contribution in [0.1, 0.15) is 37.8 Å². The number of benzene rings is 2. The molecule has 6 heteroatoms. The lowest BCUT2D eigenvalue weighted by atomic mass is 10.0. The monoisotopic (exact) mass is 429 g/mol. The number of hydrogen-bond donors (Lipinski definition) is 0. The molecule has 1 aliphatic heterocycles. The van der Waals surface area contributed by atoms with Crippen LogP contribution in [0.2, 0.25) is 0 Å². The summed E-state index contributed by atoms with van der Waals surface area (Å²) in [6.07, 6.45) is -0.351. The Kier molecular flexibility index (Phi) is 5.45. The Hall–Kier alpha value is -2.24. The van der Waals surface area contributed by atoms with Gasteiger partial charge < -0.3 is 9.47 Å². The van der Waals surface area contributed by atoms with Crippen LogP contribution in [0.15, 0.2) is 47.8 Å². The lowest BCUT2D eigenvalue weighted by Crippen LogP contribution is -2.36. The Bertz CT molecular complexity index is 1030. The van der Waals surface area contributed by atoms with Crippen LogP contribution in [-0.4, -0.2) is 24.1 Å². The van der Waals surface area contributed by atoms with Gasteiger partial charge in [-0.1, -0.05) is 30.3 Å². The molecule has 1 aliphatic rings. The number of thiophene rings is 1. The second-order valence-corrected chi connectivity index (χ2v) is 9.41. The van der Waals surface area contributed by atoms with Gasteiger partial charge in [0.05, 0.1) is 5.69 Å². The zero-order chi connectivity index (χ0) is 20.6. The summed E-state index contributed by atoms with van der Waals surface area (Å²) in [6.45, 7) is 6.60. The molecule has 4 rings (SSSR count). The molecule has 1 unspecified atom stereocenters. The van der Waals surface area contributed by atoms with Crippen LogP contribution in [0.4, 0.5) is 10.5 Å². The number of carbonyl (C=O) groups excluding carboxylic acids is 1. The minimum Gasteiger partial charge on any atom is -0.488 e. The van der Waals surface area contributed by atoms with Gasteiger partial charge in [0, 0.05) is 40.1 Å². The number of ether oxygens (including phenoxy) is 2. The third-order valence-electron chi connectivity index (χ3n) is 4.86. The molecule has 1 amide bonds. The first-order valence-electron chi connectivity index (χ1n) is 9.64. The smallest absolute Gasteiger partial charge is 0.414 e. The van der Waals surface area contributed by atoms with Gasteiger partial charge in [-0.05, 0) is 37.8 Å². The van der Waals surface area contributed by atoms with Gasteiger partial charge in [0.1, 0.15) is 18.0 Å². The van der Waals surface area contributed by atoms with Gasteiger partial charge in [-0.15, -0.1) is 22.9 Å². The van der Waals surface area contributed by atoms with Gasteiger partial charge in [0.15, 0.2) is 0 Å². The zero-order valence-electron chi connectivity index (χ0n) is 16.8. The summed E-state index contributed by atoms with van der Waals surface area (Å²) in [7, 11) is 0. The molecular weight excluding hydrogens is 406 g/mol. The Labute approximate surface area is 180 Å². The molecule has 0 fully saturated rings. The van der Waals surface area contributed by atoms with Crippen LogP contribution in [0, 0.1) is 0 Å². The lowest BCUT2D eigenvalue weighted by Gasteiger charge is -2.25. The van der Waals surface area contributed by atoms with Gasteiger partial charge >= 0.3 is 6.09 Å². The minimum atomic E-state index is -0.560. The van der Waals surface area contributed by atoms with Crippen LogP contribution in [0.5, 0.6) is 5.75 Å². The van der Waals surface area contributed by atoms with E-state index in [-0.39, 0.29) is 12.0 Å². The van der Waals surface area contributed by atoms with E-state index in [0.717, 1.165) is 32.6 Å². The highest BCUT2D eigenvalue weighted by molar-refractivity contribution is 7.17. The topological polar surface area (TPSA) is 38.8 Å². The van der Waals surface area contributed by atoms with E-state index in [1.54, 1.807) is 16.2 Å². The highest BCUT2D eigenvalue weighted by atomic mass is 35.5. The Morgan fingerprint density at radius 3 is 2.69 bits per heavy atom. The normalized spacial score (nSPS) is 16.1. The van der Waals surface area contributed by atoms with Gasteiger partial charge in [0.25, 0.3) is 0 Å². The molecule has 152 valence electrons. The maximum atomic E-state index is 12.9. The second-order valence-electron chi connectivity index (χ2n) is 8.19. The SMILES string of the molecule is CC(C)(C)OC(=O)N1CC(CCl)c2c1cc(OCc1ccccc1)c1ccsc21. The highest BCUT2D eigenvalue weighted by Crippen LogP contribution is 2.47. The van der Waals surface area contributed by atoms with Crippen molar-refractivity contribution in [1.82, 2.24) is 0 Å². The maximum absolute atomic E-state index is 12.9.